The van der Waals surface area contributed by atoms with Crippen LogP contribution in [-0.4, -0.2) is 37.2 Å². The van der Waals surface area contributed by atoms with Crippen LogP contribution in [0, 0.1) is 0 Å². The molecule has 0 aromatic rings. The third kappa shape index (κ3) is 70.5. The maximum absolute atomic E-state index is 13.0. The fourth-order valence-corrected chi connectivity index (χ4v) is 11.8. The van der Waals surface area contributed by atoms with Crippen LogP contribution in [0.3, 0.4) is 0 Å². The fourth-order valence-electron chi connectivity index (χ4n) is 11.8. The van der Waals surface area contributed by atoms with E-state index in [-0.39, 0.29) is 31.1 Å². The predicted octanol–water partition coefficient (Wildman–Crippen LogP) is 26.1. The van der Waals surface area contributed by atoms with Gasteiger partial charge in [-0.2, -0.15) is 0 Å². The van der Waals surface area contributed by atoms with E-state index >= 15 is 0 Å². The normalized spacial score (nSPS) is 12.1. The van der Waals surface area contributed by atoms with Crippen LogP contribution < -0.4 is 0 Å². The SMILES string of the molecule is CCCCCCC/C=C\C/C=C\CCCCCCCCCCCCCCCC(=O)OC(COC(=O)CCCCCCCCCCCCC)COC(=O)CCCCCCCCCCCCCCCCCCCCCCCCCCCCCCC. The van der Waals surface area contributed by atoms with E-state index in [1.165, 1.54) is 327 Å². The van der Waals surface area contributed by atoms with Crippen LogP contribution >= 0.6 is 0 Å². The molecule has 0 saturated carbocycles. The largest absolute Gasteiger partial charge is 0.462 e. The van der Waals surface area contributed by atoms with Crippen LogP contribution in [0.1, 0.15) is 432 Å². The van der Waals surface area contributed by atoms with E-state index in [1.54, 1.807) is 0 Å². The highest BCUT2D eigenvalue weighted by molar-refractivity contribution is 5.71. The Labute approximate surface area is 519 Å². The Kier molecular flexibility index (Phi) is 70.5. The minimum Gasteiger partial charge on any atom is -0.462 e. The molecule has 1 unspecified atom stereocenters. The highest BCUT2D eigenvalue weighted by atomic mass is 16.6. The van der Waals surface area contributed by atoms with Gasteiger partial charge in [0, 0.05) is 19.3 Å². The van der Waals surface area contributed by atoms with Gasteiger partial charge >= 0.3 is 17.9 Å². The lowest BCUT2D eigenvalue weighted by Gasteiger charge is -2.18. The number of rotatable bonds is 71. The van der Waals surface area contributed by atoms with Crippen LogP contribution in [0.4, 0.5) is 0 Å². The van der Waals surface area contributed by atoms with Gasteiger partial charge in [0.15, 0.2) is 6.10 Å². The summed E-state index contributed by atoms with van der Waals surface area (Å²) in [5.74, 6) is -0.832. The van der Waals surface area contributed by atoms with E-state index in [0.29, 0.717) is 19.3 Å². The van der Waals surface area contributed by atoms with Gasteiger partial charge in [-0.1, -0.05) is 385 Å². The lowest BCUT2D eigenvalue weighted by molar-refractivity contribution is -0.167. The summed E-state index contributed by atoms with van der Waals surface area (Å²) in [7, 11) is 0. The second-order valence-corrected chi connectivity index (χ2v) is 25.9. The number of esters is 3. The number of ether oxygens (including phenoxy) is 3. The molecule has 0 amide bonds. The first-order valence-corrected chi connectivity index (χ1v) is 37.8. The molecule has 83 heavy (non-hydrogen) atoms. The minimum absolute atomic E-state index is 0.0644. The van der Waals surface area contributed by atoms with Gasteiger partial charge in [-0.25, -0.2) is 0 Å². The molecular formula is C77H146O6. The Morgan fingerprint density at radius 1 is 0.241 bits per heavy atom. The monoisotopic (exact) mass is 1170 g/mol. The van der Waals surface area contributed by atoms with Crippen molar-refractivity contribution in [1.82, 2.24) is 0 Å². The molecule has 0 radical (unpaired) electrons. The van der Waals surface area contributed by atoms with Gasteiger partial charge in [-0.3, -0.25) is 14.4 Å². The summed E-state index contributed by atoms with van der Waals surface area (Å²) in [5, 5.41) is 0. The lowest BCUT2D eigenvalue weighted by atomic mass is 10.0. The second kappa shape index (κ2) is 72.4. The number of unbranched alkanes of at least 4 members (excludes halogenated alkanes) is 56. The zero-order valence-corrected chi connectivity index (χ0v) is 56.5. The average Bonchev–Trinajstić information content (AvgIpc) is 3.48. The number of carbonyl (C=O) groups excluding carboxylic acids is 3. The number of carbonyl (C=O) groups is 3. The first-order chi connectivity index (χ1) is 41.0. The van der Waals surface area contributed by atoms with Crippen molar-refractivity contribution in [3.63, 3.8) is 0 Å². The second-order valence-electron chi connectivity index (χ2n) is 25.9. The first kappa shape index (κ1) is 80.9. The van der Waals surface area contributed by atoms with Crippen LogP contribution in [0.2, 0.25) is 0 Å². The molecule has 0 rings (SSSR count). The molecule has 0 spiro atoms. The van der Waals surface area contributed by atoms with Crippen molar-refractivity contribution < 1.29 is 28.6 Å². The lowest BCUT2D eigenvalue weighted by Crippen LogP contribution is -2.30. The molecule has 0 N–H and O–H groups in total. The zero-order chi connectivity index (χ0) is 59.9. The zero-order valence-electron chi connectivity index (χ0n) is 56.5. The molecule has 6 heteroatoms. The molecule has 0 aliphatic rings. The summed E-state index contributed by atoms with van der Waals surface area (Å²) in [6, 6.07) is 0. The number of hydrogen-bond acceptors (Lipinski definition) is 6. The Morgan fingerprint density at radius 2 is 0.434 bits per heavy atom. The molecule has 0 aromatic heterocycles. The maximum Gasteiger partial charge on any atom is 0.306 e. The van der Waals surface area contributed by atoms with Crippen LogP contribution in [-0.2, 0) is 28.6 Å². The molecule has 0 aliphatic carbocycles. The smallest absolute Gasteiger partial charge is 0.306 e. The topological polar surface area (TPSA) is 78.9 Å². The predicted molar refractivity (Wildman–Crippen MR) is 363 cm³/mol. The molecule has 0 aliphatic heterocycles. The van der Waals surface area contributed by atoms with Crippen molar-refractivity contribution in [1.29, 1.82) is 0 Å². The van der Waals surface area contributed by atoms with Crippen molar-refractivity contribution in [2.24, 2.45) is 0 Å². The van der Waals surface area contributed by atoms with E-state index in [1.807, 2.05) is 0 Å². The molecule has 6 nitrogen and oxygen atoms in total. The van der Waals surface area contributed by atoms with Crippen molar-refractivity contribution in [2.45, 2.75) is 438 Å². The molecule has 0 heterocycles. The van der Waals surface area contributed by atoms with E-state index < -0.39 is 6.10 Å². The van der Waals surface area contributed by atoms with E-state index in [9.17, 15) is 14.4 Å². The van der Waals surface area contributed by atoms with Crippen molar-refractivity contribution in [2.75, 3.05) is 13.2 Å². The summed E-state index contributed by atoms with van der Waals surface area (Å²) in [5.41, 5.74) is 0. The van der Waals surface area contributed by atoms with E-state index in [0.717, 1.165) is 64.2 Å². The van der Waals surface area contributed by atoms with Crippen LogP contribution in [0.5, 0.6) is 0 Å². The van der Waals surface area contributed by atoms with Crippen LogP contribution in [0.25, 0.3) is 0 Å². The fraction of sp³-hybridized carbons (Fsp3) is 0.909. The quantitative estimate of drug-likeness (QED) is 0.0261. The maximum atomic E-state index is 13.0. The van der Waals surface area contributed by atoms with Gasteiger partial charge in [-0.05, 0) is 51.4 Å². The first-order valence-electron chi connectivity index (χ1n) is 37.8. The highest BCUT2D eigenvalue weighted by Crippen LogP contribution is 2.19. The standard InChI is InChI=1S/C77H146O6/c1-4-7-10-13-16-19-22-24-26-28-30-32-34-36-37-38-39-41-42-44-46-48-50-52-55-58-61-64-67-70-76(79)82-73-74(72-81-75(78)69-66-63-60-57-54-21-18-15-12-9-6-3)83-77(80)71-68-65-62-59-56-53-51-49-47-45-43-40-35-33-31-29-27-25-23-20-17-14-11-8-5-2/h23,25,29,31,74H,4-22,24,26-28,30,32-73H2,1-3H3/b25-23-,31-29-. The Balaban J connectivity index is 4.12. The Bertz CT molecular complexity index is 1340. The third-order valence-corrected chi connectivity index (χ3v) is 17.5. The molecule has 0 bridgehead atoms. The molecule has 490 valence electrons. The van der Waals surface area contributed by atoms with Gasteiger partial charge in [-0.15, -0.1) is 0 Å². The van der Waals surface area contributed by atoms with Crippen molar-refractivity contribution in [3.05, 3.63) is 24.3 Å². The van der Waals surface area contributed by atoms with Gasteiger partial charge < -0.3 is 14.2 Å². The summed E-state index contributed by atoms with van der Waals surface area (Å²) >= 11 is 0. The third-order valence-electron chi connectivity index (χ3n) is 17.5. The van der Waals surface area contributed by atoms with E-state index in [2.05, 4.69) is 45.1 Å². The summed E-state index contributed by atoms with van der Waals surface area (Å²) < 4.78 is 17.0. The van der Waals surface area contributed by atoms with Crippen molar-refractivity contribution in [3.8, 4) is 0 Å². The van der Waals surface area contributed by atoms with Gasteiger partial charge in [0.2, 0.25) is 0 Å². The van der Waals surface area contributed by atoms with E-state index in [4.69, 9.17) is 14.2 Å². The summed E-state index contributed by atoms with van der Waals surface area (Å²) in [4.78, 5) is 38.4. The van der Waals surface area contributed by atoms with Gasteiger partial charge in [0.25, 0.3) is 0 Å². The molecule has 1 atom stereocenters. The minimum atomic E-state index is -0.768. The van der Waals surface area contributed by atoms with Gasteiger partial charge in [0.1, 0.15) is 13.2 Å². The molecule has 0 fully saturated rings. The number of hydrogen-bond donors (Lipinski definition) is 0. The number of allylic oxidation sites excluding steroid dienone is 4. The average molecular weight is 1170 g/mol. The summed E-state index contributed by atoms with van der Waals surface area (Å²) in [6.45, 7) is 6.71. The molecule has 0 saturated heterocycles. The Hall–Kier alpha value is -2.11. The highest BCUT2D eigenvalue weighted by Gasteiger charge is 2.20. The van der Waals surface area contributed by atoms with Crippen molar-refractivity contribution >= 4 is 17.9 Å². The molecule has 0 aromatic carbocycles. The van der Waals surface area contributed by atoms with Gasteiger partial charge in [0.05, 0.1) is 0 Å². The molecular weight excluding hydrogens is 1020 g/mol. The summed E-state index contributed by atoms with van der Waals surface area (Å²) in [6.07, 6.45) is 89.5. The Morgan fingerprint density at radius 3 is 0.663 bits per heavy atom. The van der Waals surface area contributed by atoms with Crippen LogP contribution in [0.15, 0.2) is 24.3 Å².